The summed E-state index contributed by atoms with van der Waals surface area (Å²) in [6, 6.07) is 2.29. The summed E-state index contributed by atoms with van der Waals surface area (Å²) in [4.78, 5) is 25.7. The van der Waals surface area contributed by atoms with Gasteiger partial charge >= 0.3 is 5.97 Å². The largest absolute Gasteiger partial charge is 0.475 e. The molecular weight excluding hydrogens is 372 g/mol. The number of furan rings is 1. The van der Waals surface area contributed by atoms with Gasteiger partial charge in [-0.25, -0.2) is 13.2 Å². The van der Waals surface area contributed by atoms with Crippen molar-refractivity contribution in [3.63, 3.8) is 0 Å². The van der Waals surface area contributed by atoms with E-state index in [2.05, 4.69) is 6.92 Å². The van der Waals surface area contributed by atoms with Crippen molar-refractivity contribution >= 4 is 21.9 Å². The van der Waals surface area contributed by atoms with Crippen LogP contribution in [0, 0.1) is 11.8 Å². The quantitative estimate of drug-likeness (QED) is 0.831. The van der Waals surface area contributed by atoms with E-state index in [4.69, 9.17) is 9.52 Å². The average molecular weight is 398 g/mol. The zero-order valence-electron chi connectivity index (χ0n) is 15.5. The van der Waals surface area contributed by atoms with Crippen LogP contribution >= 0.6 is 0 Å². The number of aromatic carboxylic acids is 1. The van der Waals surface area contributed by atoms with Gasteiger partial charge in [0.05, 0.1) is 0 Å². The second-order valence-electron chi connectivity index (χ2n) is 7.49. The molecule has 0 spiro atoms. The molecule has 1 amide bonds. The van der Waals surface area contributed by atoms with Gasteiger partial charge in [-0.2, -0.15) is 4.31 Å². The van der Waals surface area contributed by atoms with Crippen molar-refractivity contribution in [3.8, 4) is 0 Å². The molecule has 2 aliphatic heterocycles. The topological polar surface area (TPSA) is 108 Å². The second-order valence-corrected chi connectivity index (χ2v) is 9.36. The summed E-state index contributed by atoms with van der Waals surface area (Å²) in [5.74, 6) is -1.25. The van der Waals surface area contributed by atoms with Gasteiger partial charge in [0.25, 0.3) is 10.0 Å². The van der Waals surface area contributed by atoms with E-state index < -0.39 is 21.8 Å². The Morgan fingerprint density at radius 3 is 2.44 bits per heavy atom. The fraction of sp³-hybridized carbons (Fsp3) is 0.667. The summed E-state index contributed by atoms with van der Waals surface area (Å²) in [7, 11) is -3.88. The summed E-state index contributed by atoms with van der Waals surface area (Å²) in [6.45, 7) is 4.18. The molecule has 0 radical (unpaired) electrons. The van der Waals surface area contributed by atoms with E-state index in [-0.39, 0.29) is 30.0 Å². The van der Waals surface area contributed by atoms with Crippen LogP contribution in [-0.4, -0.2) is 60.8 Å². The molecule has 3 rings (SSSR count). The van der Waals surface area contributed by atoms with Gasteiger partial charge in [0.15, 0.2) is 0 Å². The minimum absolute atomic E-state index is 0.131. The number of likely N-dealkylation sites (tertiary alicyclic amines) is 1. The van der Waals surface area contributed by atoms with Crippen LogP contribution in [0.4, 0.5) is 0 Å². The van der Waals surface area contributed by atoms with Crippen LogP contribution in [0.2, 0.25) is 0 Å². The Balaban J connectivity index is 1.62. The van der Waals surface area contributed by atoms with Crippen molar-refractivity contribution in [1.29, 1.82) is 0 Å². The Morgan fingerprint density at radius 1 is 1.11 bits per heavy atom. The maximum atomic E-state index is 12.8. The molecule has 3 heterocycles. The number of hydrogen-bond donors (Lipinski definition) is 1. The smallest absolute Gasteiger partial charge is 0.371 e. The molecule has 150 valence electrons. The SMILES string of the molecule is CC1CCCCN(C(=O)C2CCN(S(=O)(=O)c3ccc(C(=O)O)o3)CC2)C1. The van der Waals surface area contributed by atoms with Crippen molar-refractivity contribution in [2.24, 2.45) is 11.8 Å². The summed E-state index contributed by atoms with van der Waals surface area (Å²) < 4.78 is 31.5. The Morgan fingerprint density at radius 2 is 1.81 bits per heavy atom. The van der Waals surface area contributed by atoms with E-state index in [1.165, 1.54) is 4.31 Å². The molecule has 1 aromatic heterocycles. The number of carboxylic acid groups (broad SMARTS) is 1. The van der Waals surface area contributed by atoms with E-state index in [1.807, 2.05) is 4.90 Å². The van der Waals surface area contributed by atoms with Crippen LogP contribution in [0.15, 0.2) is 21.6 Å². The fourth-order valence-electron chi connectivity index (χ4n) is 3.86. The van der Waals surface area contributed by atoms with E-state index >= 15 is 0 Å². The van der Waals surface area contributed by atoms with E-state index in [0.29, 0.717) is 18.8 Å². The number of carbonyl (C=O) groups is 2. The number of rotatable bonds is 4. The van der Waals surface area contributed by atoms with Crippen molar-refractivity contribution in [2.75, 3.05) is 26.2 Å². The number of amides is 1. The second kappa shape index (κ2) is 8.02. The Kier molecular flexibility index (Phi) is 5.90. The molecule has 0 saturated carbocycles. The van der Waals surface area contributed by atoms with Crippen LogP contribution in [0.1, 0.15) is 49.6 Å². The van der Waals surface area contributed by atoms with Crippen LogP contribution < -0.4 is 0 Å². The summed E-state index contributed by atoms with van der Waals surface area (Å²) in [5, 5.41) is 8.52. The average Bonchev–Trinajstić information content (AvgIpc) is 3.06. The fourth-order valence-corrected chi connectivity index (χ4v) is 5.24. The molecule has 1 aromatic rings. The Hall–Kier alpha value is -1.87. The highest BCUT2D eigenvalue weighted by molar-refractivity contribution is 7.89. The Labute approximate surface area is 159 Å². The zero-order valence-corrected chi connectivity index (χ0v) is 16.3. The number of sulfonamides is 1. The van der Waals surface area contributed by atoms with E-state index in [9.17, 15) is 18.0 Å². The molecule has 0 aliphatic carbocycles. The van der Waals surface area contributed by atoms with Crippen molar-refractivity contribution in [3.05, 3.63) is 17.9 Å². The van der Waals surface area contributed by atoms with Gasteiger partial charge in [-0.05, 0) is 43.7 Å². The molecule has 1 atom stereocenters. The predicted molar refractivity (Wildman–Crippen MR) is 96.7 cm³/mol. The van der Waals surface area contributed by atoms with Crippen molar-refractivity contribution in [1.82, 2.24) is 9.21 Å². The standard InChI is InChI=1S/C18H26N2O6S/c1-13-4-2-3-9-19(12-13)17(21)14-7-10-20(11-8-14)27(24,25)16-6-5-15(26-16)18(22)23/h5-6,13-14H,2-4,7-12H2,1H3,(H,22,23). The molecule has 8 nitrogen and oxygen atoms in total. The minimum Gasteiger partial charge on any atom is -0.475 e. The first kappa shape index (κ1) is 19.9. The number of piperidine rings is 1. The summed E-state index contributed by atoms with van der Waals surface area (Å²) >= 11 is 0. The van der Waals surface area contributed by atoms with Crippen LogP contribution in [0.5, 0.6) is 0 Å². The molecule has 2 fully saturated rings. The van der Waals surface area contributed by atoms with E-state index in [0.717, 1.165) is 44.5 Å². The molecule has 0 bridgehead atoms. The third-order valence-electron chi connectivity index (χ3n) is 5.41. The molecule has 9 heteroatoms. The number of nitrogens with zero attached hydrogens (tertiary/aromatic N) is 2. The predicted octanol–water partition coefficient (Wildman–Crippen LogP) is 2.03. The molecular formula is C18H26N2O6S. The van der Waals surface area contributed by atoms with Gasteiger partial charge in [0.2, 0.25) is 16.8 Å². The van der Waals surface area contributed by atoms with Crippen LogP contribution in [0.3, 0.4) is 0 Å². The first-order valence-corrected chi connectivity index (χ1v) is 10.8. The maximum absolute atomic E-state index is 12.8. The first-order chi connectivity index (χ1) is 12.8. The van der Waals surface area contributed by atoms with E-state index in [1.54, 1.807) is 0 Å². The van der Waals surface area contributed by atoms with Crippen LogP contribution in [0.25, 0.3) is 0 Å². The molecule has 2 saturated heterocycles. The molecule has 27 heavy (non-hydrogen) atoms. The number of carboxylic acids is 1. The molecule has 0 aromatic carbocycles. The lowest BCUT2D eigenvalue weighted by atomic mass is 9.96. The first-order valence-electron chi connectivity index (χ1n) is 9.41. The van der Waals surface area contributed by atoms with Gasteiger partial charge in [-0.3, -0.25) is 4.79 Å². The lowest BCUT2D eigenvalue weighted by molar-refractivity contribution is -0.137. The molecule has 1 unspecified atom stereocenters. The third-order valence-corrected chi connectivity index (χ3v) is 7.18. The highest BCUT2D eigenvalue weighted by atomic mass is 32.2. The van der Waals surface area contributed by atoms with Crippen LogP contribution in [-0.2, 0) is 14.8 Å². The minimum atomic E-state index is -3.88. The zero-order chi connectivity index (χ0) is 19.6. The van der Waals surface area contributed by atoms with Gasteiger partial charge in [-0.15, -0.1) is 0 Å². The highest BCUT2D eigenvalue weighted by Crippen LogP contribution is 2.27. The van der Waals surface area contributed by atoms with Gasteiger partial charge in [0.1, 0.15) is 0 Å². The highest BCUT2D eigenvalue weighted by Gasteiger charge is 2.36. The Bertz CT molecular complexity index is 795. The lowest BCUT2D eigenvalue weighted by Crippen LogP contribution is -2.45. The van der Waals surface area contributed by atoms with Gasteiger partial charge < -0.3 is 14.4 Å². The van der Waals surface area contributed by atoms with Gasteiger partial charge in [-0.1, -0.05) is 13.3 Å². The maximum Gasteiger partial charge on any atom is 0.371 e. The lowest BCUT2D eigenvalue weighted by Gasteiger charge is -2.33. The molecule has 2 aliphatic rings. The third kappa shape index (κ3) is 4.35. The number of carbonyl (C=O) groups excluding carboxylic acids is 1. The summed E-state index contributed by atoms with van der Waals surface area (Å²) in [6.07, 6.45) is 4.24. The van der Waals surface area contributed by atoms with Crippen molar-refractivity contribution in [2.45, 2.75) is 44.1 Å². The normalized spacial score (nSPS) is 23.1. The van der Waals surface area contributed by atoms with Gasteiger partial charge in [0, 0.05) is 32.1 Å². The molecule has 1 N–H and O–H groups in total. The van der Waals surface area contributed by atoms with Crippen molar-refractivity contribution < 1.29 is 27.5 Å². The summed E-state index contributed by atoms with van der Waals surface area (Å²) in [5.41, 5.74) is 0. The monoisotopic (exact) mass is 398 g/mol. The number of hydrogen-bond acceptors (Lipinski definition) is 5.